The molecule has 2 saturated heterocycles. The predicted molar refractivity (Wildman–Crippen MR) is 82.5 cm³/mol. The van der Waals surface area contributed by atoms with Crippen molar-refractivity contribution in [3.05, 3.63) is 23.8 Å². The smallest absolute Gasteiger partial charge is 0.407 e. The summed E-state index contributed by atoms with van der Waals surface area (Å²) < 4.78 is 0. The number of amides is 1. The summed E-state index contributed by atoms with van der Waals surface area (Å²) in [6.07, 6.45) is 4.41. The second kappa shape index (κ2) is 6.92. The first-order valence-electron chi connectivity index (χ1n) is 8.11. The molecule has 3 heterocycles. The van der Waals surface area contributed by atoms with Crippen molar-refractivity contribution < 1.29 is 9.90 Å². The van der Waals surface area contributed by atoms with Crippen molar-refractivity contribution >= 4 is 6.09 Å². The van der Waals surface area contributed by atoms with Gasteiger partial charge in [0.15, 0.2) is 0 Å². The number of hydrogen-bond acceptors (Lipinski definition) is 5. The van der Waals surface area contributed by atoms with E-state index in [4.69, 9.17) is 5.26 Å². The van der Waals surface area contributed by atoms with Gasteiger partial charge in [-0.3, -0.25) is 4.90 Å². The third-order valence-corrected chi connectivity index (χ3v) is 5.08. The normalized spacial score (nSPS) is 25.8. The zero-order chi connectivity index (χ0) is 16.2. The van der Waals surface area contributed by atoms with E-state index in [9.17, 15) is 9.90 Å². The van der Waals surface area contributed by atoms with Crippen molar-refractivity contribution in [2.75, 3.05) is 19.6 Å². The van der Waals surface area contributed by atoms with E-state index in [0.29, 0.717) is 24.1 Å². The second-order valence-electron chi connectivity index (χ2n) is 6.30. The number of carbonyl (C=O) groups is 1. The summed E-state index contributed by atoms with van der Waals surface area (Å²) in [5.41, 5.74) is 0.918. The van der Waals surface area contributed by atoms with Gasteiger partial charge in [-0.1, -0.05) is 0 Å². The van der Waals surface area contributed by atoms with Crippen molar-refractivity contribution in [2.45, 2.75) is 31.7 Å². The lowest BCUT2D eigenvalue weighted by Gasteiger charge is -2.41. The molecule has 2 aliphatic rings. The Kier molecular flexibility index (Phi) is 4.72. The van der Waals surface area contributed by atoms with E-state index in [1.165, 1.54) is 11.2 Å². The molecule has 2 atom stereocenters. The van der Waals surface area contributed by atoms with Crippen molar-refractivity contribution in [1.29, 1.82) is 5.26 Å². The fraction of sp³-hybridized carbons (Fsp3) is 0.625. The molecule has 2 fully saturated rings. The van der Waals surface area contributed by atoms with E-state index in [1.807, 2.05) is 6.07 Å². The summed E-state index contributed by atoms with van der Waals surface area (Å²) in [5.74, 6) is 1.16. The van der Waals surface area contributed by atoms with Crippen LogP contribution in [-0.4, -0.2) is 45.7 Å². The van der Waals surface area contributed by atoms with Crippen LogP contribution in [0.4, 0.5) is 4.79 Å². The summed E-state index contributed by atoms with van der Waals surface area (Å²) in [5, 5.41) is 21.9. The topological polar surface area (TPSA) is 102 Å². The van der Waals surface area contributed by atoms with Crippen LogP contribution in [-0.2, 0) is 0 Å². The summed E-state index contributed by atoms with van der Waals surface area (Å²) in [6.45, 7) is 2.61. The maximum Gasteiger partial charge on any atom is 0.407 e. The molecular weight excluding hydrogens is 294 g/mol. The number of nitrogens with zero attached hydrogens (tertiary/aromatic N) is 4. The average Bonchev–Trinajstić information content (AvgIpc) is 2.62. The first kappa shape index (κ1) is 15.7. The molecule has 1 aromatic heterocycles. The van der Waals surface area contributed by atoms with E-state index in [1.54, 1.807) is 6.07 Å². The molecule has 0 aliphatic carbocycles. The van der Waals surface area contributed by atoms with Crippen LogP contribution >= 0.6 is 0 Å². The molecule has 23 heavy (non-hydrogen) atoms. The minimum absolute atomic E-state index is 0.281. The molecule has 1 amide bonds. The first-order chi connectivity index (χ1) is 11.2. The van der Waals surface area contributed by atoms with Gasteiger partial charge < -0.3 is 10.4 Å². The number of carboxylic acid groups (broad SMARTS) is 1. The number of aromatic nitrogens is 2. The largest absolute Gasteiger partial charge is 0.465 e. The predicted octanol–water partition coefficient (Wildman–Crippen LogP) is 1.78. The lowest BCUT2D eigenvalue weighted by molar-refractivity contribution is 0.0671. The van der Waals surface area contributed by atoms with Crippen molar-refractivity contribution in [3.8, 4) is 6.07 Å². The Balaban J connectivity index is 1.82. The summed E-state index contributed by atoms with van der Waals surface area (Å²) in [4.78, 5) is 21.2. The molecule has 0 radical (unpaired) electrons. The lowest BCUT2D eigenvalue weighted by atomic mass is 9.76. The highest BCUT2D eigenvalue weighted by Crippen LogP contribution is 2.39. The highest BCUT2D eigenvalue weighted by molar-refractivity contribution is 5.65. The number of nitrogens with one attached hydrogen (secondary N) is 1. The van der Waals surface area contributed by atoms with Gasteiger partial charge in [-0.15, -0.1) is 0 Å². The molecule has 2 aliphatic heterocycles. The van der Waals surface area contributed by atoms with Crippen molar-refractivity contribution in [1.82, 2.24) is 20.2 Å². The van der Waals surface area contributed by atoms with Crippen molar-refractivity contribution in [2.24, 2.45) is 11.8 Å². The molecule has 122 valence electrons. The molecule has 1 unspecified atom stereocenters. The Morgan fingerprint density at radius 3 is 2.78 bits per heavy atom. The Morgan fingerprint density at radius 1 is 1.30 bits per heavy atom. The van der Waals surface area contributed by atoms with E-state index in [-0.39, 0.29) is 11.7 Å². The van der Waals surface area contributed by atoms with Gasteiger partial charge in [-0.05, 0) is 56.7 Å². The van der Waals surface area contributed by atoms with E-state index in [0.717, 1.165) is 38.8 Å². The SMILES string of the molecule is N#Cc1cc([C@H]2CC(C3CCNCC3)CCN2C(=O)O)ncn1. The first-order valence-corrected chi connectivity index (χ1v) is 8.11. The van der Waals surface area contributed by atoms with Crippen LogP contribution < -0.4 is 5.32 Å². The Labute approximate surface area is 135 Å². The molecule has 7 nitrogen and oxygen atoms in total. The number of hydrogen-bond donors (Lipinski definition) is 2. The van der Waals surface area contributed by atoms with Gasteiger partial charge in [-0.2, -0.15) is 5.26 Å². The standard InChI is InChI=1S/C16H21N5O2/c17-9-13-8-14(20-10-19-13)15-7-12(3-6-21(15)16(22)23)11-1-4-18-5-2-11/h8,10-12,15,18H,1-7H2,(H,22,23)/t12?,15-/m1/s1. The van der Waals surface area contributed by atoms with Gasteiger partial charge in [0.2, 0.25) is 0 Å². The minimum atomic E-state index is -0.920. The Hall–Kier alpha value is -2.20. The fourth-order valence-electron chi connectivity index (χ4n) is 3.86. The van der Waals surface area contributed by atoms with Crippen LogP contribution in [0.5, 0.6) is 0 Å². The molecular formula is C16H21N5O2. The third kappa shape index (κ3) is 3.42. The number of rotatable bonds is 2. The van der Waals surface area contributed by atoms with Crippen LogP contribution in [0.2, 0.25) is 0 Å². The minimum Gasteiger partial charge on any atom is -0.465 e. The quantitative estimate of drug-likeness (QED) is 0.862. The van der Waals surface area contributed by atoms with Gasteiger partial charge in [0.25, 0.3) is 0 Å². The molecule has 3 rings (SSSR count). The van der Waals surface area contributed by atoms with Gasteiger partial charge in [-0.25, -0.2) is 14.8 Å². The number of piperidine rings is 2. The Bertz CT molecular complexity index is 609. The highest BCUT2D eigenvalue weighted by Gasteiger charge is 2.37. The van der Waals surface area contributed by atoms with Gasteiger partial charge in [0.1, 0.15) is 18.1 Å². The third-order valence-electron chi connectivity index (χ3n) is 5.08. The summed E-state index contributed by atoms with van der Waals surface area (Å²) in [6, 6.07) is 3.33. The zero-order valence-corrected chi connectivity index (χ0v) is 13.0. The molecule has 0 bridgehead atoms. The van der Waals surface area contributed by atoms with Crippen LogP contribution in [0, 0.1) is 23.2 Å². The second-order valence-corrected chi connectivity index (χ2v) is 6.30. The van der Waals surface area contributed by atoms with Crippen LogP contribution in [0.25, 0.3) is 0 Å². The lowest BCUT2D eigenvalue weighted by Crippen LogP contribution is -2.43. The molecule has 0 aromatic carbocycles. The number of nitriles is 1. The highest BCUT2D eigenvalue weighted by atomic mass is 16.4. The summed E-state index contributed by atoms with van der Waals surface area (Å²) >= 11 is 0. The van der Waals surface area contributed by atoms with Crippen LogP contribution in [0.15, 0.2) is 12.4 Å². The van der Waals surface area contributed by atoms with Gasteiger partial charge in [0, 0.05) is 6.54 Å². The average molecular weight is 315 g/mol. The molecule has 0 saturated carbocycles. The van der Waals surface area contributed by atoms with Crippen molar-refractivity contribution in [3.63, 3.8) is 0 Å². The molecule has 1 aromatic rings. The van der Waals surface area contributed by atoms with Gasteiger partial charge >= 0.3 is 6.09 Å². The van der Waals surface area contributed by atoms with Crippen LogP contribution in [0.3, 0.4) is 0 Å². The maximum atomic E-state index is 11.6. The molecule has 2 N–H and O–H groups in total. The molecule has 7 heteroatoms. The Morgan fingerprint density at radius 2 is 2.09 bits per heavy atom. The molecule has 0 spiro atoms. The van der Waals surface area contributed by atoms with E-state index in [2.05, 4.69) is 15.3 Å². The fourth-order valence-corrected chi connectivity index (χ4v) is 3.86. The van der Waals surface area contributed by atoms with Gasteiger partial charge in [0.05, 0.1) is 11.7 Å². The zero-order valence-electron chi connectivity index (χ0n) is 13.0. The van der Waals surface area contributed by atoms with E-state index >= 15 is 0 Å². The maximum absolute atomic E-state index is 11.6. The van der Waals surface area contributed by atoms with Crippen LogP contribution in [0.1, 0.15) is 43.1 Å². The monoisotopic (exact) mass is 315 g/mol. The van der Waals surface area contributed by atoms with E-state index < -0.39 is 6.09 Å². The number of likely N-dealkylation sites (tertiary alicyclic amines) is 1. The summed E-state index contributed by atoms with van der Waals surface area (Å²) in [7, 11) is 0.